The van der Waals surface area contributed by atoms with Gasteiger partial charge in [0, 0.05) is 75.5 Å². The number of piperidine rings is 1. The number of likely N-dealkylation sites (tertiary alicyclic amines) is 1. The smallest absolute Gasteiger partial charge is 0.252 e. The summed E-state index contributed by atoms with van der Waals surface area (Å²) in [6.07, 6.45) is 2.71. The molecule has 0 radical (unpaired) electrons. The molecule has 3 aromatic rings. The molecule has 6 nitrogen and oxygen atoms in total. The van der Waals surface area contributed by atoms with Gasteiger partial charge >= 0.3 is 0 Å². The third-order valence-electron chi connectivity index (χ3n) is 9.09. The number of hydrogen-bond acceptors (Lipinski definition) is 5. The van der Waals surface area contributed by atoms with Gasteiger partial charge in [0.1, 0.15) is 6.17 Å². The molecule has 2 saturated heterocycles. The van der Waals surface area contributed by atoms with Crippen molar-refractivity contribution in [1.29, 1.82) is 0 Å². The Morgan fingerprint density at radius 1 is 0.976 bits per heavy atom. The van der Waals surface area contributed by atoms with E-state index in [1.807, 2.05) is 19.9 Å². The zero-order chi connectivity index (χ0) is 29.6. The van der Waals surface area contributed by atoms with E-state index in [1.165, 1.54) is 33.5 Å². The van der Waals surface area contributed by atoms with Crippen LogP contribution in [-0.4, -0.2) is 54.9 Å². The summed E-state index contributed by atoms with van der Waals surface area (Å²) in [5.41, 5.74) is 10.1. The highest BCUT2D eigenvalue weighted by Crippen LogP contribution is 2.34. The molecule has 5 rings (SSSR count). The third kappa shape index (κ3) is 7.31. The minimum absolute atomic E-state index is 0.0167. The first-order chi connectivity index (χ1) is 20.3. The van der Waals surface area contributed by atoms with Crippen LogP contribution in [0.25, 0.3) is 11.1 Å². The van der Waals surface area contributed by atoms with Gasteiger partial charge < -0.3 is 19.9 Å². The highest BCUT2D eigenvalue weighted by atomic mass is 19.1. The summed E-state index contributed by atoms with van der Waals surface area (Å²) in [7, 11) is 0. The molecule has 0 bridgehead atoms. The van der Waals surface area contributed by atoms with Crippen LogP contribution in [0.3, 0.4) is 0 Å². The molecule has 2 aliphatic heterocycles. The molecule has 7 heteroatoms. The Morgan fingerprint density at radius 2 is 1.69 bits per heavy atom. The Labute approximate surface area is 250 Å². The second-order valence-electron chi connectivity index (χ2n) is 12.1. The van der Waals surface area contributed by atoms with Crippen LogP contribution in [-0.2, 0) is 24.4 Å². The zero-order valence-electron chi connectivity index (χ0n) is 25.8. The molecule has 0 spiro atoms. The van der Waals surface area contributed by atoms with Crippen molar-refractivity contribution in [3.63, 3.8) is 0 Å². The standard InChI is InChI=1S/C35H47FN4O2/c1-5-40(32-12-16-42-17-13-32)34-20-29(28-8-6-27(7-9-28)23-39-14-10-31(36)11-15-39)19-30(26(34)4)21-37-22-33-24(2)18-25(3)38-35(33)41/h6-9,18-20,31-32,37H,5,10-17,21-23H2,1-4H3,(H,38,41). The molecule has 42 heavy (non-hydrogen) atoms. The summed E-state index contributed by atoms with van der Waals surface area (Å²) in [5, 5.41) is 3.57. The number of nitrogens with one attached hydrogen (secondary N) is 2. The van der Waals surface area contributed by atoms with Crippen molar-refractivity contribution in [3.05, 3.63) is 86.3 Å². The number of halogens is 1. The first kappa shape index (κ1) is 30.5. The van der Waals surface area contributed by atoms with Crippen LogP contribution in [0, 0.1) is 20.8 Å². The van der Waals surface area contributed by atoms with E-state index in [0.717, 1.165) is 69.1 Å². The van der Waals surface area contributed by atoms with E-state index < -0.39 is 6.17 Å². The SMILES string of the molecule is CCN(c1cc(-c2ccc(CN3CCC(F)CC3)cc2)cc(CNCc2c(C)cc(C)[nH]c2=O)c1C)C1CCOCC1. The molecule has 3 heterocycles. The van der Waals surface area contributed by atoms with Crippen molar-refractivity contribution in [2.75, 3.05) is 37.7 Å². The van der Waals surface area contributed by atoms with Crippen LogP contribution >= 0.6 is 0 Å². The van der Waals surface area contributed by atoms with E-state index >= 15 is 0 Å². The Bertz CT molecular complexity index is 1390. The van der Waals surface area contributed by atoms with Crippen molar-refractivity contribution in [1.82, 2.24) is 15.2 Å². The molecule has 0 amide bonds. The average molecular weight is 575 g/mol. The lowest BCUT2D eigenvalue weighted by molar-refractivity contribution is 0.0846. The van der Waals surface area contributed by atoms with Gasteiger partial charge in [-0.05, 0) is 105 Å². The van der Waals surface area contributed by atoms with E-state index in [0.29, 0.717) is 32.0 Å². The number of rotatable bonds is 10. The fourth-order valence-corrected chi connectivity index (χ4v) is 6.57. The van der Waals surface area contributed by atoms with Gasteiger partial charge in [0.05, 0.1) is 0 Å². The fraction of sp³-hybridized carbons (Fsp3) is 0.514. The van der Waals surface area contributed by atoms with Crippen molar-refractivity contribution < 1.29 is 9.13 Å². The van der Waals surface area contributed by atoms with Crippen molar-refractivity contribution in [2.24, 2.45) is 0 Å². The molecule has 0 aliphatic carbocycles. The quantitative estimate of drug-likeness (QED) is 0.302. The second-order valence-corrected chi connectivity index (χ2v) is 12.1. The minimum Gasteiger partial charge on any atom is -0.381 e. The maximum absolute atomic E-state index is 13.6. The molecule has 2 aliphatic rings. The van der Waals surface area contributed by atoms with Crippen LogP contribution in [0.5, 0.6) is 0 Å². The average Bonchev–Trinajstić information content (AvgIpc) is 2.98. The molecule has 1 aromatic heterocycles. The molecule has 226 valence electrons. The number of aromatic amines is 1. The molecule has 0 unspecified atom stereocenters. The molecular weight excluding hydrogens is 527 g/mol. The Hall–Kier alpha value is -3.00. The van der Waals surface area contributed by atoms with Crippen LogP contribution in [0.1, 0.15) is 66.1 Å². The van der Waals surface area contributed by atoms with Crippen molar-refractivity contribution in [2.45, 2.75) is 85.2 Å². The monoisotopic (exact) mass is 574 g/mol. The molecule has 2 fully saturated rings. The highest BCUT2D eigenvalue weighted by Gasteiger charge is 2.24. The third-order valence-corrected chi connectivity index (χ3v) is 9.09. The number of nitrogens with zero attached hydrogens (tertiary/aromatic N) is 2. The number of pyridine rings is 1. The Morgan fingerprint density at radius 3 is 2.36 bits per heavy atom. The second kappa shape index (κ2) is 14.0. The lowest BCUT2D eigenvalue weighted by atomic mass is 9.95. The fourth-order valence-electron chi connectivity index (χ4n) is 6.57. The molecule has 0 atom stereocenters. The highest BCUT2D eigenvalue weighted by molar-refractivity contribution is 5.73. The number of H-pyrrole nitrogens is 1. The molecule has 2 aromatic carbocycles. The van der Waals surface area contributed by atoms with Crippen LogP contribution in [0.2, 0.25) is 0 Å². The van der Waals surface area contributed by atoms with Crippen molar-refractivity contribution >= 4 is 5.69 Å². The summed E-state index contributed by atoms with van der Waals surface area (Å²) in [4.78, 5) is 20.5. The topological polar surface area (TPSA) is 60.6 Å². The van der Waals surface area contributed by atoms with Gasteiger partial charge in [-0.15, -0.1) is 0 Å². The van der Waals surface area contributed by atoms with Gasteiger partial charge in [0.15, 0.2) is 0 Å². The van der Waals surface area contributed by atoms with E-state index in [2.05, 4.69) is 70.3 Å². The largest absolute Gasteiger partial charge is 0.381 e. The number of aromatic nitrogens is 1. The van der Waals surface area contributed by atoms with Gasteiger partial charge in [0.25, 0.3) is 5.56 Å². The summed E-state index contributed by atoms with van der Waals surface area (Å²) < 4.78 is 19.3. The maximum Gasteiger partial charge on any atom is 0.252 e. The lowest BCUT2D eigenvalue weighted by Gasteiger charge is -2.37. The number of alkyl halides is 1. The van der Waals surface area contributed by atoms with E-state index in [-0.39, 0.29) is 5.56 Å². The summed E-state index contributed by atoms with van der Waals surface area (Å²) in [6.45, 7) is 14.7. The van der Waals surface area contributed by atoms with Crippen LogP contribution < -0.4 is 15.8 Å². The predicted molar refractivity (Wildman–Crippen MR) is 170 cm³/mol. The van der Waals surface area contributed by atoms with Gasteiger partial charge in [-0.25, -0.2) is 4.39 Å². The number of benzene rings is 2. The van der Waals surface area contributed by atoms with Crippen molar-refractivity contribution in [3.8, 4) is 11.1 Å². The van der Waals surface area contributed by atoms with E-state index in [9.17, 15) is 9.18 Å². The minimum atomic E-state index is -0.645. The first-order valence-electron chi connectivity index (χ1n) is 15.7. The maximum atomic E-state index is 13.6. The molecule has 2 N–H and O–H groups in total. The van der Waals surface area contributed by atoms with E-state index in [4.69, 9.17) is 4.74 Å². The van der Waals surface area contributed by atoms with Crippen LogP contribution in [0.4, 0.5) is 10.1 Å². The van der Waals surface area contributed by atoms with E-state index in [1.54, 1.807) is 0 Å². The summed E-state index contributed by atoms with van der Waals surface area (Å²) >= 11 is 0. The number of hydrogen-bond donors (Lipinski definition) is 2. The predicted octanol–water partition coefficient (Wildman–Crippen LogP) is 6.20. The number of aryl methyl sites for hydroxylation is 2. The zero-order valence-corrected chi connectivity index (χ0v) is 25.8. The van der Waals surface area contributed by atoms with Gasteiger partial charge in [-0.2, -0.15) is 0 Å². The summed E-state index contributed by atoms with van der Waals surface area (Å²) in [5.74, 6) is 0. The van der Waals surface area contributed by atoms with Gasteiger partial charge in [0.2, 0.25) is 0 Å². The summed E-state index contributed by atoms with van der Waals surface area (Å²) in [6, 6.07) is 16.0. The van der Waals surface area contributed by atoms with Gasteiger partial charge in [-0.3, -0.25) is 9.69 Å². The number of anilines is 1. The van der Waals surface area contributed by atoms with Gasteiger partial charge in [-0.1, -0.05) is 24.3 Å². The lowest BCUT2D eigenvalue weighted by Crippen LogP contribution is -2.40. The number of ether oxygens (including phenoxy) is 1. The molecule has 0 saturated carbocycles. The Kier molecular flexibility index (Phi) is 10.1. The Balaban J connectivity index is 1.41. The molecular formula is C35H47FN4O2. The normalized spacial score (nSPS) is 17.1. The first-order valence-corrected chi connectivity index (χ1v) is 15.7. The van der Waals surface area contributed by atoms with Crippen LogP contribution in [0.15, 0.2) is 47.3 Å².